The molecule has 0 unspecified atom stereocenters. The van der Waals surface area contributed by atoms with Gasteiger partial charge in [0.15, 0.2) is 0 Å². The molecule has 0 saturated heterocycles. The summed E-state index contributed by atoms with van der Waals surface area (Å²) in [6.07, 6.45) is 0.708. The van der Waals surface area contributed by atoms with Gasteiger partial charge >= 0.3 is 0 Å². The third-order valence-electron chi connectivity index (χ3n) is 4.51. The summed E-state index contributed by atoms with van der Waals surface area (Å²) in [5.41, 5.74) is 7.49. The van der Waals surface area contributed by atoms with Gasteiger partial charge in [-0.3, -0.25) is 13.9 Å². The number of primary amides is 1. The topological polar surface area (TPSA) is 101 Å². The van der Waals surface area contributed by atoms with E-state index in [0.717, 1.165) is 9.87 Å². The average Bonchev–Trinajstić information content (AvgIpc) is 3.04. The zero-order chi connectivity index (χ0) is 19.1. The van der Waals surface area contributed by atoms with Gasteiger partial charge in [0, 0.05) is 31.8 Å². The summed E-state index contributed by atoms with van der Waals surface area (Å²) in [4.78, 5) is 24.6. The zero-order valence-corrected chi connectivity index (χ0v) is 15.3. The maximum atomic E-state index is 13.0. The van der Waals surface area contributed by atoms with Gasteiger partial charge in [0.25, 0.3) is 10.0 Å². The van der Waals surface area contributed by atoms with Crippen LogP contribution in [0.1, 0.15) is 22.8 Å². The zero-order valence-electron chi connectivity index (χ0n) is 14.5. The van der Waals surface area contributed by atoms with E-state index in [1.165, 1.54) is 44.3 Å². The lowest BCUT2D eigenvalue weighted by molar-refractivity contribution is -0.116. The number of sulfonamides is 1. The molecule has 26 heavy (non-hydrogen) atoms. The van der Waals surface area contributed by atoms with Gasteiger partial charge in [-0.1, -0.05) is 6.07 Å². The van der Waals surface area contributed by atoms with Crippen LogP contribution in [0, 0.1) is 0 Å². The molecule has 0 saturated carbocycles. The molecule has 1 aliphatic rings. The third kappa shape index (κ3) is 3.03. The fourth-order valence-electron chi connectivity index (χ4n) is 2.98. The third-order valence-corrected chi connectivity index (χ3v) is 6.29. The molecule has 2 aromatic rings. The van der Waals surface area contributed by atoms with E-state index in [-0.39, 0.29) is 10.8 Å². The number of nitrogens with two attached hydrogens (primary N) is 1. The molecule has 7 nitrogen and oxygen atoms in total. The molecule has 0 spiro atoms. The maximum absolute atomic E-state index is 13.0. The van der Waals surface area contributed by atoms with Gasteiger partial charge in [0.05, 0.1) is 10.6 Å². The molecule has 2 amide bonds. The molecule has 1 aliphatic heterocycles. The molecule has 1 heterocycles. The van der Waals surface area contributed by atoms with Crippen LogP contribution in [-0.2, 0) is 21.2 Å². The van der Waals surface area contributed by atoms with Crippen molar-refractivity contribution in [2.45, 2.75) is 18.2 Å². The largest absolute Gasteiger partial charge is 0.366 e. The van der Waals surface area contributed by atoms with Crippen LogP contribution in [0.5, 0.6) is 0 Å². The number of hydrogen-bond donors (Lipinski definition) is 1. The van der Waals surface area contributed by atoms with Gasteiger partial charge in [-0.05, 0) is 48.4 Å². The summed E-state index contributed by atoms with van der Waals surface area (Å²) in [6, 6.07) is 10.8. The van der Waals surface area contributed by atoms with Crippen molar-refractivity contribution in [3.05, 3.63) is 53.6 Å². The summed E-state index contributed by atoms with van der Waals surface area (Å²) in [7, 11) is -2.38. The van der Waals surface area contributed by atoms with Crippen molar-refractivity contribution < 1.29 is 18.0 Å². The molecule has 136 valence electrons. The summed E-state index contributed by atoms with van der Waals surface area (Å²) in [5.74, 6) is -0.696. The second-order valence-corrected chi connectivity index (χ2v) is 8.06. The molecule has 0 bridgehead atoms. The van der Waals surface area contributed by atoms with Gasteiger partial charge in [0.2, 0.25) is 11.8 Å². The van der Waals surface area contributed by atoms with Crippen molar-refractivity contribution in [2.75, 3.05) is 22.8 Å². The van der Waals surface area contributed by atoms with Gasteiger partial charge in [-0.2, -0.15) is 0 Å². The van der Waals surface area contributed by atoms with E-state index in [1.54, 1.807) is 17.0 Å². The van der Waals surface area contributed by atoms with Gasteiger partial charge in [0.1, 0.15) is 0 Å². The SMILES string of the molecule is CC(=O)N1CCc2ccc(S(=O)(=O)N(C)c3ccc(C(N)=O)cc3)cc21. The minimum absolute atomic E-state index is 0.103. The molecule has 2 aromatic carbocycles. The van der Waals surface area contributed by atoms with Crippen LogP contribution in [0.15, 0.2) is 47.4 Å². The van der Waals surface area contributed by atoms with E-state index in [2.05, 4.69) is 0 Å². The molecule has 3 rings (SSSR count). The minimum atomic E-state index is -3.82. The van der Waals surface area contributed by atoms with Crippen LogP contribution in [0.3, 0.4) is 0 Å². The highest BCUT2D eigenvalue weighted by atomic mass is 32.2. The number of hydrogen-bond acceptors (Lipinski definition) is 4. The summed E-state index contributed by atoms with van der Waals surface area (Å²) >= 11 is 0. The Bertz CT molecular complexity index is 984. The molecule has 0 fully saturated rings. The van der Waals surface area contributed by atoms with Crippen LogP contribution in [-0.4, -0.2) is 33.8 Å². The molecule has 0 aromatic heterocycles. The second-order valence-electron chi connectivity index (χ2n) is 6.09. The lowest BCUT2D eigenvalue weighted by Gasteiger charge is -2.21. The number of nitrogens with zero attached hydrogens (tertiary/aromatic N) is 2. The fourth-order valence-corrected chi connectivity index (χ4v) is 4.20. The average molecular weight is 373 g/mol. The smallest absolute Gasteiger partial charge is 0.264 e. The molecule has 0 radical (unpaired) electrons. The number of anilines is 2. The number of fused-ring (bicyclic) bond motifs is 1. The maximum Gasteiger partial charge on any atom is 0.264 e. The van der Waals surface area contributed by atoms with Gasteiger partial charge in [-0.15, -0.1) is 0 Å². The lowest BCUT2D eigenvalue weighted by Crippen LogP contribution is -2.28. The Morgan fingerprint density at radius 1 is 1.12 bits per heavy atom. The number of amides is 2. The Balaban J connectivity index is 1.96. The van der Waals surface area contributed by atoms with Crippen LogP contribution < -0.4 is 14.9 Å². The van der Waals surface area contributed by atoms with Crippen molar-refractivity contribution >= 4 is 33.2 Å². The molecule has 8 heteroatoms. The Morgan fingerprint density at radius 3 is 2.35 bits per heavy atom. The van der Waals surface area contributed by atoms with E-state index < -0.39 is 15.9 Å². The monoisotopic (exact) mass is 373 g/mol. The first kappa shape index (κ1) is 17.9. The highest BCUT2D eigenvalue weighted by Crippen LogP contribution is 2.32. The van der Waals surface area contributed by atoms with E-state index in [0.29, 0.717) is 29.9 Å². The molecular formula is C18H19N3O4S. The minimum Gasteiger partial charge on any atom is -0.366 e. The van der Waals surface area contributed by atoms with Gasteiger partial charge < -0.3 is 10.6 Å². The standard InChI is InChI=1S/C18H19N3O4S/c1-12(22)21-10-9-13-5-8-16(11-17(13)21)26(24,25)20(2)15-6-3-14(4-7-15)18(19)23/h3-8,11H,9-10H2,1-2H3,(H2,19,23). The first-order valence-electron chi connectivity index (χ1n) is 8.01. The molecule has 2 N–H and O–H groups in total. The van der Waals surface area contributed by atoms with Crippen molar-refractivity contribution in [1.29, 1.82) is 0 Å². The fraction of sp³-hybridized carbons (Fsp3) is 0.222. The number of rotatable bonds is 4. The second kappa shape index (κ2) is 6.45. The van der Waals surface area contributed by atoms with Crippen molar-refractivity contribution in [3.8, 4) is 0 Å². The molecule has 0 atom stereocenters. The highest BCUT2D eigenvalue weighted by Gasteiger charge is 2.27. The highest BCUT2D eigenvalue weighted by molar-refractivity contribution is 7.92. The Labute approximate surface area is 152 Å². The van der Waals surface area contributed by atoms with Crippen LogP contribution in [0.4, 0.5) is 11.4 Å². The Kier molecular flexibility index (Phi) is 4.45. The van der Waals surface area contributed by atoms with E-state index >= 15 is 0 Å². The number of benzene rings is 2. The van der Waals surface area contributed by atoms with Crippen LogP contribution >= 0.6 is 0 Å². The van der Waals surface area contributed by atoms with Crippen LogP contribution in [0.2, 0.25) is 0 Å². The summed E-state index contributed by atoms with van der Waals surface area (Å²) in [5, 5.41) is 0. The Morgan fingerprint density at radius 2 is 1.77 bits per heavy atom. The van der Waals surface area contributed by atoms with Gasteiger partial charge in [-0.25, -0.2) is 8.42 Å². The van der Waals surface area contributed by atoms with E-state index in [9.17, 15) is 18.0 Å². The first-order chi connectivity index (χ1) is 12.2. The summed E-state index contributed by atoms with van der Waals surface area (Å²) < 4.78 is 27.0. The van der Waals surface area contributed by atoms with Crippen molar-refractivity contribution in [2.24, 2.45) is 5.73 Å². The summed E-state index contributed by atoms with van der Waals surface area (Å²) in [6.45, 7) is 2.02. The number of carbonyl (C=O) groups excluding carboxylic acids is 2. The Hall–Kier alpha value is -2.87. The normalized spacial score (nSPS) is 13.4. The lowest BCUT2D eigenvalue weighted by atomic mass is 10.2. The van der Waals surface area contributed by atoms with Crippen molar-refractivity contribution in [1.82, 2.24) is 0 Å². The van der Waals surface area contributed by atoms with Crippen molar-refractivity contribution in [3.63, 3.8) is 0 Å². The van der Waals surface area contributed by atoms with E-state index in [1.807, 2.05) is 0 Å². The first-order valence-corrected chi connectivity index (χ1v) is 9.45. The predicted octanol–water partition coefficient (Wildman–Crippen LogP) is 1.52. The number of carbonyl (C=O) groups is 2. The molecular weight excluding hydrogens is 354 g/mol. The van der Waals surface area contributed by atoms with E-state index in [4.69, 9.17) is 5.73 Å². The molecule has 0 aliphatic carbocycles. The van der Waals surface area contributed by atoms with Crippen LogP contribution in [0.25, 0.3) is 0 Å². The quantitative estimate of drug-likeness (QED) is 0.878. The predicted molar refractivity (Wildman–Crippen MR) is 98.7 cm³/mol.